The van der Waals surface area contributed by atoms with Crippen molar-refractivity contribution in [1.29, 1.82) is 0 Å². The third kappa shape index (κ3) is 3.11. The second-order valence-electron chi connectivity index (χ2n) is 4.85. The van der Waals surface area contributed by atoms with Crippen molar-refractivity contribution < 1.29 is 0 Å². The van der Waals surface area contributed by atoms with E-state index in [1.165, 1.54) is 0 Å². The lowest BCUT2D eigenvalue weighted by atomic mass is 10.3. The smallest absolute Gasteiger partial charge is 0.160 e. The van der Waals surface area contributed by atoms with E-state index in [0.29, 0.717) is 5.88 Å². The SMILES string of the molecule is Cn1ccc(CCn2c(CCCl)nc3cc(Br)cnc32)n1. The van der Waals surface area contributed by atoms with Crippen LogP contribution in [0.5, 0.6) is 0 Å². The van der Waals surface area contributed by atoms with Gasteiger partial charge in [-0.25, -0.2) is 9.97 Å². The molecule has 21 heavy (non-hydrogen) atoms. The molecule has 0 aliphatic carbocycles. The van der Waals surface area contributed by atoms with Gasteiger partial charge in [0.2, 0.25) is 0 Å². The Morgan fingerprint density at radius 1 is 1.33 bits per heavy atom. The molecule has 0 aliphatic rings. The molecule has 0 aromatic carbocycles. The molecule has 3 aromatic rings. The van der Waals surface area contributed by atoms with Crippen LogP contribution in [0, 0.1) is 0 Å². The number of aromatic nitrogens is 5. The maximum absolute atomic E-state index is 5.89. The van der Waals surface area contributed by atoms with Crippen molar-refractivity contribution in [3.63, 3.8) is 0 Å². The highest BCUT2D eigenvalue weighted by Crippen LogP contribution is 2.19. The Morgan fingerprint density at radius 2 is 2.19 bits per heavy atom. The summed E-state index contributed by atoms with van der Waals surface area (Å²) in [6, 6.07) is 4.02. The van der Waals surface area contributed by atoms with Crippen molar-refractivity contribution in [2.45, 2.75) is 19.4 Å². The van der Waals surface area contributed by atoms with Crippen LogP contribution in [0.4, 0.5) is 0 Å². The largest absolute Gasteiger partial charge is 0.312 e. The van der Waals surface area contributed by atoms with Crippen LogP contribution >= 0.6 is 27.5 Å². The number of rotatable bonds is 5. The molecular formula is C14H15BrClN5. The predicted molar refractivity (Wildman–Crippen MR) is 86.6 cm³/mol. The Bertz CT molecular complexity index is 764. The summed E-state index contributed by atoms with van der Waals surface area (Å²) in [5.41, 5.74) is 2.85. The van der Waals surface area contributed by atoms with E-state index in [0.717, 1.165) is 46.5 Å². The Hall–Kier alpha value is -1.40. The summed E-state index contributed by atoms with van der Waals surface area (Å²) < 4.78 is 4.89. The molecule has 3 heterocycles. The number of pyridine rings is 1. The van der Waals surface area contributed by atoms with Gasteiger partial charge in [0, 0.05) is 49.2 Å². The van der Waals surface area contributed by atoms with E-state index in [1.807, 2.05) is 30.1 Å². The summed E-state index contributed by atoms with van der Waals surface area (Å²) in [4.78, 5) is 9.13. The number of nitrogens with zero attached hydrogens (tertiary/aromatic N) is 5. The molecule has 110 valence electrons. The quantitative estimate of drug-likeness (QED) is 0.651. The molecule has 0 amide bonds. The van der Waals surface area contributed by atoms with Gasteiger partial charge in [-0.3, -0.25) is 4.68 Å². The van der Waals surface area contributed by atoms with Gasteiger partial charge in [0.1, 0.15) is 11.3 Å². The second kappa shape index (κ2) is 6.15. The molecule has 0 spiro atoms. The zero-order valence-electron chi connectivity index (χ0n) is 11.6. The fourth-order valence-corrected chi connectivity index (χ4v) is 2.85. The first-order valence-electron chi connectivity index (χ1n) is 6.72. The van der Waals surface area contributed by atoms with Gasteiger partial charge in [0.15, 0.2) is 5.65 Å². The lowest BCUT2D eigenvalue weighted by Gasteiger charge is -2.06. The molecule has 3 rings (SSSR count). The molecule has 0 bridgehead atoms. The fourth-order valence-electron chi connectivity index (χ4n) is 2.37. The summed E-state index contributed by atoms with van der Waals surface area (Å²) in [6.07, 6.45) is 5.33. The van der Waals surface area contributed by atoms with Gasteiger partial charge >= 0.3 is 0 Å². The van der Waals surface area contributed by atoms with Crippen LogP contribution < -0.4 is 0 Å². The average molecular weight is 369 g/mol. The zero-order valence-corrected chi connectivity index (χ0v) is 14.0. The van der Waals surface area contributed by atoms with E-state index in [1.54, 1.807) is 6.20 Å². The zero-order chi connectivity index (χ0) is 14.8. The van der Waals surface area contributed by atoms with Crippen molar-refractivity contribution in [3.8, 4) is 0 Å². The first-order valence-corrected chi connectivity index (χ1v) is 8.05. The molecule has 0 saturated carbocycles. The predicted octanol–water partition coefficient (Wildman–Crippen LogP) is 2.95. The summed E-state index contributed by atoms with van der Waals surface area (Å²) in [5.74, 6) is 1.52. The highest BCUT2D eigenvalue weighted by molar-refractivity contribution is 9.10. The minimum Gasteiger partial charge on any atom is -0.312 e. The number of hydrogen-bond acceptors (Lipinski definition) is 3. The monoisotopic (exact) mass is 367 g/mol. The summed E-state index contributed by atoms with van der Waals surface area (Å²) in [5, 5.41) is 4.41. The molecule has 0 N–H and O–H groups in total. The van der Waals surface area contributed by atoms with Gasteiger partial charge < -0.3 is 4.57 Å². The third-order valence-electron chi connectivity index (χ3n) is 3.31. The molecule has 5 nitrogen and oxygen atoms in total. The minimum absolute atomic E-state index is 0.550. The highest BCUT2D eigenvalue weighted by atomic mass is 79.9. The first kappa shape index (κ1) is 14.5. The van der Waals surface area contributed by atoms with Gasteiger partial charge in [-0.1, -0.05) is 0 Å². The normalized spacial score (nSPS) is 11.4. The van der Waals surface area contributed by atoms with E-state index in [-0.39, 0.29) is 0 Å². The Balaban J connectivity index is 1.92. The molecule has 0 atom stereocenters. The van der Waals surface area contributed by atoms with E-state index >= 15 is 0 Å². The number of aryl methyl sites for hydroxylation is 4. The Morgan fingerprint density at radius 3 is 2.90 bits per heavy atom. The maximum atomic E-state index is 5.89. The van der Waals surface area contributed by atoms with Gasteiger partial charge in [-0.05, 0) is 28.1 Å². The van der Waals surface area contributed by atoms with E-state index in [2.05, 4.69) is 35.6 Å². The standard InChI is InChI=1S/C14H15BrClN5/c1-20-6-3-11(19-20)4-7-21-13(2-5-16)18-12-8-10(15)9-17-14(12)21/h3,6,8-9H,2,4-5,7H2,1H3. The van der Waals surface area contributed by atoms with Crippen molar-refractivity contribution in [2.24, 2.45) is 7.05 Å². The lowest BCUT2D eigenvalue weighted by molar-refractivity contribution is 0.647. The van der Waals surface area contributed by atoms with E-state index in [4.69, 9.17) is 11.6 Å². The van der Waals surface area contributed by atoms with Crippen LogP contribution in [0.3, 0.4) is 0 Å². The Labute approximate surface area is 136 Å². The average Bonchev–Trinajstić information content (AvgIpc) is 3.00. The number of hydrogen-bond donors (Lipinski definition) is 0. The molecule has 0 radical (unpaired) electrons. The molecule has 7 heteroatoms. The summed E-state index contributed by atoms with van der Waals surface area (Å²) in [7, 11) is 1.92. The van der Waals surface area contributed by atoms with Gasteiger partial charge in [-0.2, -0.15) is 5.10 Å². The lowest BCUT2D eigenvalue weighted by Crippen LogP contribution is -2.08. The molecule has 3 aromatic heterocycles. The maximum Gasteiger partial charge on any atom is 0.160 e. The Kier molecular flexibility index (Phi) is 4.26. The summed E-state index contributed by atoms with van der Waals surface area (Å²) >= 11 is 9.32. The van der Waals surface area contributed by atoms with Crippen LogP contribution in [0.1, 0.15) is 11.5 Å². The minimum atomic E-state index is 0.550. The van der Waals surface area contributed by atoms with E-state index < -0.39 is 0 Å². The van der Waals surface area contributed by atoms with Crippen LogP contribution in [-0.4, -0.2) is 30.2 Å². The van der Waals surface area contributed by atoms with Crippen LogP contribution in [0.25, 0.3) is 11.2 Å². The highest BCUT2D eigenvalue weighted by Gasteiger charge is 2.12. The molecule has 0 aliphatic heterocycles. The second-order valence-corrected chi connectivity index (χ2v) is 6.14. The first-order chi connectivity index (χ1) is 10.2. The molecule has 0 saturated heterocycles. The third-order valence-corrected chi connectivity index (χ3v) is 3.93. The van der Waals surface area contributed by atoms with Gasteiger partial charge in [0.25, 0.3) is 0 Å². The fraction of sp³-hybridized carbons (Fsp3) is 0.357. The number of halogens is 2. The van der Waals surface area contributed by atoms with Crippen LogP contribution in [0.15, 0.2) is 29.0 Å². The van der Waals surface area contributed by atoms with Crippen molar-refractivity contribution in [3.05, 3.63) is 40.5 Å². The van der Waals surface area contributed by atoms with Crippen molar-refractivity contribution in [2.75, 3.05) is 5.88 Å². The van der Waals surface area contributed by atoms with Crippen LogP contribution in [0.2, 0.25) is 0 Å². The van der Waals surface area contributed by atoms with Crippen molar-refractivity contribution in [1.82, 2.24) is 24.3 Å². The summed E-state index contributed by atoms with van der Waals surface area (Å²) in [6.45, 7) is 0.800. The van der Waals surface area contributed by atoms with Crippen molar-refractivity contribution >= 4 is 38.7 Å². The molecular weight excluding hydrogens is 354 g/mol. The van der Waals surface area contributed by atoms with Crippen LogP contribution in [-0.2, 0) is 26.4 Å². The topological polar surface area (TPSA) is 48.5 Å². The van der Waals surface area contributed by atoms with Gasteiger partial charge in [-0.15, -0.1) is 11.6 Å². The van der Waals surface area contributed by atoms with Gasteiger partial charge in [0.05, 0.1) is 5.69 Å². The molecule has 0 fully saturated rings. The number of alkyl halides is 1. The van der Waals surface area contributed by atoms with E-state index in [9.17, 15) is 0 Å². The number of fused-ring (bicyclic) bond motifs is 1. The molecule has 0 unspecified atom stereocenters. The number of imidazole rings is 1.